The Hall–Kier alpha value is -1.63. The predicted molar refractivity (Wildman–Crippen MR) is 53.1 cm³/mol. The number of hydrogen-bond acceptors (Lipinski definition) is 4. The summed E-state index contributed by atoms with van der Waals surface area (Å²) >= 11 is 0. The number of hydrogen-bond donors (Lipinski definition) is 1. The summed E-state index contributed by atoms with van der Waals surface area (Å²) in [6.07, 6.45) is 0.552. The maximum atomic E-state index is 10.9. The Morgan fingerprint density at radius 1 is 1.64 bits per heavy atom. The molecule has 0 saturated carbocycles. The highest BCUT2D eigenvalue weighted by atomic mass is 16.4. The van der Waals surface area contributed by atoms with Gasteiger partial charge in [-0.05, 0) is 12.8 Å². The third-order valence-electron chi connectivity index (χ3n) is 2.00. The monoisotopic (exact) mass is 194 g/mol. The Labute approximate surface area is 83.5 Å². The molecule has 0 aliphatic heterocycles. The van der Waals surface area contributed by atoms with Gasteiger partial charge in [0.1, 0.15) is 5.71 Å². The van der Waals surface area contributed by atoms with Crippen LogP contribution in [0, 0.1) is 17.2 Å². The molecular formula is C10H14N2O2. The molecule has 0 amide bonds. The number of oxime groups is 1. The van der Waals surface area contributed by atoms with Gasteiger partial charge in [0, 0.05) is 19.8 Å². The molecule has 0 heterocycles. The van der Waals surface area contributed by atoms with E-state index in [1.165, 1.54) is 6.92 Å². The topological polar surface area (TPSA) is 73.4 Å². The SMILES string of the molecule is C=C(C)C(CC#N)C/C(=N\O)C(C)=O. The molecule has 0 aromatic heterocycles. The minimum absolute atomic E-state index is 0.0910. The van der Waals surface area contributed by atoms with Crippen LogP contribution in [0.5, 0.6) is 0 Å². The molecule has 0 saturated heterocycles. The zero-order valence-electron chi connectivity index (χ0n) is 8.45. The van der Waals surface area contributed by atoms with E-state index in [1.54, 1.807) is 6.92 Å². The summed E-state index contributed by atoms with van der Waals surface area (Å²) in [4.78, 5) is 10.9. The number of Topliss-reactive ketones (excluding diaryl/α,β-unsaturated/α-hetero) is 1. The zero-order valence-corrected chi connectivity index (χ0v) is 8.45. The lowest BCUT2D eigenvalue weighted by molar-refractivity contribution is -0.111. The Kier molecular flexibility index (Phi) is 5.23. The van der Waals surface area contributed by atoms with Crippen LogP contribution in [0.25, 0.3) is 0 Å². The Balaban J connectivity index is 4.52. The van der Waals surface area contributed by atoms with E-state index < -0.39 is 0 Å². The lowest BCUT2D eigenvalue weighted by Gasteiger charge is -2.12. The van der Waals surface area contributed by atoms with E-state index in [0.29, 0.717) is 0 Å². The maximum Gasteiger partial charge on any atom is 0.177 e. The predicted octanol–water partition coefficient (Wildman–Crippen LogP) is 1.90. The molecule has 14 heavy (non-hydrogen) atoms. The largest absolute Gasteiger partial charge is 0.411 e. The normalized spacial score (nSPS) is 13.1. The minimum atomic E-state index is -0.281. The summed E-state index contributed by atoms with van der Waals surface area (Å²) in [5, 5.41) is 20.0. The van der Waals surface area contributed by atoms with Crippen molar-refractivity contribution in [2.75, 3.05) is 0 Å². The van der Waals surface area contributed by atoms with E-state index in [4.69, 9.17) is 10.5 Å². The van der Waals surface area contributed by atoms with Crippen LogP contribution in [-0.4, -0.2) is 16.7 Å². The van der Waals surface area contributed by atoms with Gasteiger partial charge in [0.15, 0.2) is 5.78 Å². The van der Waals surface area contributed by atoms with Crippen molar-refractivity contribution in [2.24, 2.45) is 11.1 Å². The molecule has 0 fully saturated rings. The molecule has 0 rings (SSSR count). The van der Waals surface area contributed by atoms with Gasteiger partial charge >= 0.3 is 0 Å². The van der Waals surface area contributed by atoms with Gasteiger partial charge in [0.2, 0.25) is 0 Å². The molecule has 0 radical (unpaired) electrons. The van der Waals surface area contributed by atoms with Crippen LogP contribution in [0.3, 0.4) is 0 Å². The summed E-state index contributed by atoms with van der Waals surface area (Å²) in [7, 11) is 0. The van der Waals surface area contributed by atoms with Crippen molar-refractivity contribution in [2.45, 2.75) is 26.7 Å². The Bertz CT molecular complexity index is 300. The average molecular weight is 194 g/mol. The fourth-order valence-corrected chi connectivity index (χ4v) is 1.02. The maximum absolute atomic E-state index is 10.9. The van der Waals surface area contributed by atoms with Crippen molar-refractivity contribution < 1.29 is 10.0 Å². The summed E-state index contributed by atoms with van der Waals surface area (Å²) in [5.41, 5.74) is 0.905. The fraction of sp³-hybridized carbons (Fsp3) is 0.500. The molecule has 0 aromatic carbocycles. The van der Waals surface area contributed by atoms with Crippen molar-refractivity contribution in [1.82, 2.24) is 0 Å². The molecule has 0 spiro atoms. The molecule has 4 nitrogen and oxygen atoms in total. The first-order valence-corrected chi connectivity index (χ1v) is 4.27. The van der Waals surface area contributed by atoms with Gasteiger partial charge in [-0.2, -0.15) is 5.26 Å². The number of allylic oxidation sites excluding steroid dienone is 1. The van der Waals surface area contributed by atoms with E-state index in [2.05, 4.69) is 11.7 Å². The van der Waals surface area contributed by atoms with Crippen LogP contribution in [0.1, 0.15) is 26.7 Å². The average Bonchev–Trinajstić information content (AvgIpc) is 2.11. The highest BCUT2D eigenvalue weighted by Crippen LogP contribution is 2.17. The second-order valence-corrected chi connectivity index (χ2v) is 3.21. The smallest absolute Gasteiger partial charge is 0.177 e. The van der Waals surface area contributed by atoms with E-state index in [9.17, 15) is 4.79 Å². The second-order valence-electron chi connectivity index (χ2n) is 3.21. The van der Waals surface area contributed by atoms with Crippen LogP contribution < -0.4 is 0 Å². The molecular weight excluding hydrogens is 180 g/mol. The van der Waals surface area contributed by atoms with E-state index in [1.807, 2.05) is 6.07 Å². The van der Waals surface area contributed by atoms with Gasteiger partial charge in [-0.1, -0.05) is 17.3 Å². The van der Waals surface area contributed by atoms with Crippen molar-refractivity contribution in [3.63, 3.8) is 0 Å². The van der Waals surface area contributed by atoms with Crippen molar-refractivity contribution in [1.29, 1.82) is 5.26 Å². The van der Waals surface area contributed by atoms with Gasteiger partial charge in [-0.15, -0.1) is 0 Å². The fourth-order valence-electron chi connectivity index (χ4n) is 1.02. The molecule has 76 valence electrons. The first-order valence-electron chi connectivity index (χ1n) is 4.27. The van der Waals surface area contributed by atoms with E-state index in [-0.39, 0.29) is 30.3 Å². The zero-order chi connectivity index (χ0) is 11.1. The minimum Gasteiger partial charge on any atom is -0.411 e. The quantitative estimate of drug-likeness (QED) is 0.314. The van der Waals surface area contributed by atoms with Crippen molar-refractivity contribution >= 4 is 11.5 Å². The molecule has 1 N–H and O–H groups in total. The number of rotatable bonds is 5. The van der Waals surface area contributed by atoms with Gasteiger partial charge in [0.05, 0.1) is 6.07 Å². The van der Waals surface area contributed by atoms with Gasteiger partial charge in [-0.25, -0.2) is 0 Å². The number of ketones is 1. The molecule has 0 aromatic rings. The highest BCUT2D eigenvalue weighted by molar-refractivity contribution is 6.38. The summed E-state index contributed by atoms with van der Waals surface area (Å²) in [6, 6.07) is 2.01. The van der Waals surface area contributed by atoms with Crippen LogP contribution in [-0.2, 0) is 4.79 Å². The summed E-state index contributed by atoms with van der Waals surface area (Å²) in [6.45, 7) is 6.84. The molecule has 0 aliphatic carbocycles. The number of nitrogens with zero attached hydrogens (tertiary/aromatic N) is 2. The van der Waals surface area contributed by atoms with Gasteiger partial charge < -0.3 is 5.21 Å². The third kappa shape index (κ3) is 3.85. The second kappa shape index (κ2) is 5.92. The first kappa shape index (κ1) is 12.4. The molecule has 0 bridgehead atoms. The van der Waals surface area contributed by atoms with Crippen molar-refractivity contribution in [3.8, 4) is 6.07 Å². The highest BCUT2D eigenvalue weighted by Gasteiger charge is 2.16. The van der Waals surface area contributed by atoms with E-state index in [0.717, 1.165) is 5.57 Å². The number of carbonyl (C=O) groups is 1. The third-order valence-corrected chi connectivity index (χ3v) is 2.00. The Morgan fingerprint density at radius 3 is 2.50 bits per heavy atom. The summed E-state index contributed by atoms with van der Waals surface area (Å²) < 4.78 is 0. The Morgan fingerprint density at radius 2 is 2.21 bits per heavy atom. The first-order chi connectivity index (χ1) is 6.52. The van der Waals surface area contributed by atoms with Crippen LogP contribution in [0.4, 0.5) is 0 Å². The van der Waals surface area contributed by atoms with Crippen LogP contribution in [0.15, 0.2) is 17.3 Å². The van der Waals surface area contributed by atoms with E-state index >= 15 is 0 Å². The lowest BCUT2D eigenvalue weighted by Crippen LogP contribution is -2.16. The van der Waals surface area contributed by atoms with Crippen molar-refractivity contribution in [3.05, 3.63) is 12.2 Å². The number of carbonyl (C=O) groups excluding carboxylic acids is 1. The van der Waals surface area contributed by atoms with Gasteiger partial charge in [0.25, 0.3) is 0 Å². The molecule has 0 aliphatic rings. The molecule has 1 atom stereocenters. The van der Waals surface area contributed by atoms with Gasteiger partial charge in [-0.3, -0.25) is 4.79 Å². The lowest BCUT2D eigenvalue weighted by atomic mass is 9.92. The van der Waals surface area contributed by atoms with Crippen LogP contribution in [0.2, 0.25) is 0 Å². The number of nitriles is 1. The molecule has 1 unspecified atom stereocenters. The standard InChI is InChI=1S/C10H14N2O2/c1-7(2)9(4-5-11)6-10(12-14)8(3)13/h9,14H,1,4,6H2,2-3H3/b12-10+. The van der Waals surface area contributed by atoms with Crippen LogP contribution >= 0.6 is 0 Å². The molecule has 4 heteroatoms. The summed E-state index contributed by atoms with van der Waals surface area (Å²) in [5.74, 6) is -0.397.